The van der Waals surface area contributed by atoms with Gasteiger partial charge >= 0.3 is 0 Å². The van der Waals surface area contributed by atoms with Gasteiger partial charge < -0.3 is 25.3 Å². The maximum absolute atomic E-state index is 11.6. The SMILES string of the molecule is COCCC(=O)Nc1cc(OC)c(OC)cc1N. The van der Waals surface area contributed by atoms with Crippen LogP contribution in [-0.4, -0.2) is 33.8 Å². The Kier molecular flexibility index (Phi) is 5.26. The van der Waals surface area contributed by atoms with E-state index >= 15 is 0 Å². The van der Waals surface area contributed by atoms with Crippen LogP contribution in [-0.2, 0) is 9.53 Å². The standard InChI is InChI=1S/C12H18N2O4/c1-16-5-4-12(15)14-9-7-11(18-3)10(17-2)6-8(9)13/h6-7H,4-5,13H2,1-3H3,(H,14,15). The van der Waals surface area contributed by atoms with E-state index in [9.17, 15) is 4.79 Å². The molecule has 1 aromatic carbocycles. The molecule has 0 aliphatic rings. The van der Waals surface area contributed by atoms with Gasteiger partial charge in [0.05, 0.1) is 38.6 Å². The number of hydrogen-bond acceptors (Lipinski definition) is 5. The predicted molar refractivity (Wildman–Crippen MR) is 69.1 cm³/mol. The van der Waals surface area contributed by atoms with Crippen LogP contribution in [0.15, 0.2) is 12.1 Å². The fourth-order valence-corrected chi connectivity index (χ4v) is 1.41. The van der Waals surface area contributed by atoms with Crippen LogP contribution in [0.25, 0.3) is 0 Å². The van der Waals surface area contributed by atoms with Crippen LogP contribution in [0.2, 0.25) is 0 Å². The third-order valence-electron chi connectivity index (χ3n) is 2.36. The van der Waals surface area contributed by atoms with Gasteiger partial charge in [0, 0.05) is 19.2 Å². The van der Waals surface area contributed by atoms with Gasteiger partial charge in [-0.1, -0.05) is 0 Å². The average molecular weight is 254 g/mol. The van der Waals surface area contributed by atoms with Crippen molar-refractivity contribution in [3.63, 3.8) is 0 Å². The van der Waals surface area contributed by atoms with Gasteiger partial charge in [0.1, 0.15) is 0 Å². The Labute approximate surface area is 106 Å². The number of amides is 1. The zero-order chi connectivity index (χ0) is 13.5. The molecule has 18 heavy (non-hydrogen) atoms. The summed E-state index contributed by atoms with van der Waals surface area (Å²) >= 11 is 0. The first-order valence-electron chi connectivity index (χ1n) is 5.42. The maximum Gasteiger partial charge on any atom is 0.226 e. The highest BCUT2D eigenvalue weighted by Gasteiger charge is 2.11. The Hall–Kier alpha value is -1.95. The molecule has 6 nitrogen and oxygen atoms in total. The maximum atomic E-state index is 11.6. The highest BCUT2D eigenvalue weighted by Crippen LogP contribution is 2.34. The van der Waals surface area contributed by atoms with Gasteiger partial charge in [0.15, 0.2) is 11.5 Å². The second-order valence-electron chi connectivity index (χ2n) is 3.59. The molecule has 0 saturated carbocycles. The number of carbonyl (C=O) groups excluding carboxylic acids is 1. The molecule has 1 amide bonds. The number of carbonyl (C=O) groups is 1. The van der Waals surface area contributed by atoms with Crippen molar-refractivity contribution in [2.45, 2.75) is 6.42 Å². The van der Waals surface area contributed by atoms with Gasteiger partial charge in [-0.3, -0.25) is 4.79 Å². The summed E-state index contributed by atoms with van der Waals surface area (Å²) in [7, 11) is 4.58. The number of hydrogen-bond donors (Lipinski definition) is 2. The van der Waals surface area contributed by atoms with Crippen molar-refractivity contribution in [2.24, 2.45) is 0 Å². The molecule has 0 aliphatic heterocycles. The predicted octanol–water partition coefficient (Wildman–Crippen LogP) is 1.26. The first-order chi connectivity index (χ1) is 8.62. The van der Waals surface area contributed by atoms with Crippen molar-refractivity contribution >= 4 is 17.3 Å². The highest BCUT2D eigenvalue weighted by molar-refractivity contribution is 5.94. The lowest BCUT2D eigenvalue weighted by Gasteiger charge is -2.13. The van der Waals surface area contributed by atoms with Gasteiger partial charge in [-0.15, -0.1) is 0 Å². The third kappa shape index (κ3) is 3.53. The van der Waals surface area contributed by atoms with Crippen LogP contribution in [0.1, 0.15) is 6.42 Å². The molecule has 0 heterocycles. The van der Waals surface area contributed by atoms with E-state index in [0.29, 0.717) is 29.5 Å². The van der Waals surface area contributed by atoms with E-state index in [1.165, 1.54) is 21.3 Å². The second-order valence-corrected chi connectivity index (χ2v) is 3.59. The zero-order valence-electron chi connectivity index (χ0n) is 10.8. The van der Waals surface area contributed by atoms with Gasteiger partial charge in [0.2, 0.25) is 5.91 Å². The number of rotatable bonds is 6. The van der Waals surface area contributed by atoms with Crippen LogP contribution in [0.4, 0.5) is 11.4 Å². The van der Waals surface area contributed by atoms with Crippen LogP contribution in [0, 0.1) is 0 Å². The van der Waals surface area contributed by atoms with Crippen LogP contribution in [0.3, 0.4) is 0 Å². The summed E-state index contributed by atoms with van der Waals surface area (Å²) in [6.07, 6.45) is 0.268. The summed E-state index contributed by atoms with van der Waals surface area (Å²) in [5.74, 6) is 0.856. The molecule has 100 valence electrons. The highest BCUT2D eigenvalue weighted by atomic mass is 16.5. The van der Waals surface area contributed by atoms with Crippen molar-refractivity contribution in [1.82, 2.24) is 0 Å². The summed E-state index contributed by atoms with van der Waals surface area (Å²) in [5, 5.41) is 2.69. The Morgan fingerprint density at radius 3 is 2.39 bits per heavy atom. The number of ether oxygens (including phenoxy) is 3. The summed E-state index contributed by atoms with van der Waals surface area (Å²) in [6, 6.07) is 3.23. The molecule has 0 aliphatic carbocycles. The number of nitrogen functional groups attached to an aromatic ring is 1. The van der Waals surface area contributed by atoms with E-state index in [1.807, 2.05) is 0 Å². The lowest BCUT2D eigenvalue weighted by Crippen LogP contribution is -2.15. The quantitative estimate of drug-likeness (QED) is 0.747. The number of methoxy groups -OCH3 is 3. The van der Waals surface area contributed by atoms with E-state index in [2.05, 4.69) is 5.32 Å². The molecule has 0 atom stereocenters. The number of nitrogens with one attached hydrogen (secondary N) is 1. The van der Waals surface area contributed by atoms with Gasteiger partial charge in [-0.25, -0.2) is 0 Å². The minimum atomic E-state index is -0.171. The van der Waals surface area contributed by atoms with Crippen molar-refractivity contribution in [2.75, 3.05) is 39.0 Å². The van der Waals surface area contributed by atoms with E-state index in [0.717, 1.165) is 0 Å². The monoisotopic (exact) mass is 254 g/mol. The minimum absolute atomic E-state index is 0.171. The summed E-state index contributed by atoms with van der Waals surface area (Å²) in [4.78, 5) is 11.6. The van der Waals surface area contributed by atoms with Crippen LogP contribution >= 0.6 is 0 Å². The molecule has 1 aromatic rings. The zero-order valence-corrected chi connectivity index (χ0v) is 10.8. The number of benzene rings is 1. The molecular weight excluding hydrogens is 236 g/mol. The normalized spacial score (nSPS) is 9.94. The summed E-state index contributed by atoms with van der Waals surface area (Å²) < 4.78 is 15.1. The molecule has 0 saturated heterocycles. The summed E-state index contributed by atoms with van der Waals surface area (Å²) in [6.45, 7) is 0.360. The Morgan fingerprint density at radius 1 is 1.22 bits per heavy atom. The molecule has 0 radical (unpaired) electrons. The van der Waals surface area contributed by atoms with Crippen molar-refractivity contribution < 1.29 is 19.0 Å². The smallest absolute Gasteiger partial charge is 0.226 e. The molecule has 0 bridgehead atoms. The third-order valence-corrected chi connectivity index (χ3v) is 2.36. The Bertz CT molecular complexity index is 421. The Morgan fingerprint density at radius 2 is 1.83 bits per heavy atom. The average Bonchev–Trinajstić information content (AvgIpc) is 2.38. The molecule has 3 N–H and O–H groups in total. The molecule has 0 aromatic heterocycles. The fourth-order valence-electron chi connectivity index (χ4n) is 1.41. The van der Waals surface area contributed by atoms with E-state index in [-0.39, 0.29) is 12.3 Å². The lowest BCUT2D eigenvalue weighted by atomic mass is 10.2. The molecule has 0 fully saturated rings. The van der Waals surface area contributed by atoms with Gasteiger partial charge in [-0.2, -0.15) is 0 Å². The fraction of sp³-hybridized carbons (Fsp3) is 0.417. The number of nitrogens with two attached hydrogens (primary N) is 1. The molecule has 1 rings (SSSR count). The van der Waals surface area contributed by atoms with Crippen molar-refractivity contribution in [1.29, 1.82) is 0 Å². The van der Waals surface area contributed by atoms with E-state index in [4.69, 9.17) is 19.9 Å². The molecule has 0 spiro atoms. The number of anilines is 2. The molecule has 0 unspecified atom stereocenters. The van der Waals surface area contributed by atoms with E-state index < -0.39 is 0 Å². The largest absolute Gasteiger partial charge is 0.493 e. The molecular formula is C12H18N2O4. The first kappa shape index (κ1) is 14.1. The van der Waals surface area contributed by atoms with E-state index in [1.54, 1.807) is 12.1 Å². The minimum Gasteiger partial charge on any atom is -0.493 e. The van der Waals surface area contributed by atoms with Crippen molar-refractivity contribution in [3.05, 3.63) is 12.1 Å². The van der Waals surface area contributed by atoms with Crippen molar-refractivity contribution in [3.8, 4) is 11.5 Å². The first-order valence-corrected chi connectivity index (χ1v) is 5.42. The van der Waals surface area contributed by atoms with Gasteiger partial charge in [0.25, 0.3) is 0 Å². The molecule has 6 heteroatoms. The van der Waals surface area contributed by atoms with Gasteiger partial charge in [-0.05, 0) is 0 Å². The Balaban J connectivity index is 2.85. The van der Waals surface area contributed by atoms with Crippen LogP contribution < -0.4 is 20.5 Å². The summed E-state index contributed by atoms with van der Waals surface area (Å²) in [5.41, 5.74) is 6.73. The van der Waals surface area contributed by atoms with Crippen LogP contribution in [0.5, 0.6) is 11.5 Å². The lowest BCUT2D eigenvalue weighted by molar-refractivity contribution is -0.117. The second kappa shape index (κ2) is 6.70. The topological polar surface area (TPSA) is 82.8 Å².